The summed E-state index contributed by atoms with van der Waals surface area (Å²) in [6, 6.07) is 7.46. The molecule has 0 saturated carbocycles. The Bertz CT molecular complexity index is 372. The Hall–Kier alpha value is -1.26. The van der Waals surface area contributed by atoms with Crippen LogP contribution in [0.1, 0.15) is 24.2 Å². The van der Waals surface area contributed by atoms with Crippen molar-refractivity contribution >= 4 is 18.3 Å². The van der Waals surface area contributed by atoms with Crippen LogP contribution in [0.25, 0.3) is 0 Å². The minimum Gasteiger partial charge on any atom is -0.494 e. The third kappa shape index (κ3) is 5.38. The third-order valence-electron chi connectivity index (χ3n) is 2.47. The van der Waals surface area contributed by atoms with E-state index in [4.69, 9.17) is 4.74 Å². The highest BCUT2D eigenvalue weighted by Crippen LogP contribution is 2.12. The van der Waals surface area contributed by atoms with Crippen molar-refractivity contribution in [2.24, 2.45) is 0 Å². The number of rotatable bonds is 6. The Morgan fingerprint density at radius 1 is 1.44 bits per heavy atom. The van der Waals surface area contributed by atoms with E-state index in [-0.39, 0.29) is 24.4 Å². The molecule has 0 aliphatic rings. The topological polar surface area (TPSA) is 50.4 Å². The fourth-order valence-corrected chi connectivity index (χ4v) is 1.34. The molecule has 1 unspecified atom stereocenters. The average Bonchev–Trinajstić information content (AvgIpc) is 2.36. The van der Waals surface area contributed by atoms with Crippen LogP contribution < -0.4 is 15.4 Å². The molecule has 1 aromatic rings. The lowest BCUT2D eigenvalue weighted by atomic mass is 10.2. The second-order valence-electron chi connectivity index (χ2n) is 3.86. The number of benzene rings is 1. The van der Waals surface area contributed by atoms with Gasteiger partial charge in [-0.3, -0.25) is 4.79 Å². The highest BCUT2D eigenvalue weighted by molar-refractivity contribution is 5.94. The number of ether oxygens (including phenoxy) is 1. The molecule has 0 aliphatic carbocycles. The minimum absolute atomic E-state index is 0. The predicted molar refractivity (Wildman–Crippen MR) is 75.7 cm³/mol. The van der Waals surface area contributed by atoms with Crippen molar-refractivity contribution in [2.45, 2.75) is 19.9 Å². The van der Waals surface area contributed by atoms with Crippen molar-refractivity contribution in [3.05, 3.63) is 29.8 Å². The van der Waals surface area contributed by atoms with Crippen LogP contribution >= 0.6 is 12.4 Å². The zero-order valence-corrected chi connectivity index (χ0v) is 11.8. The first-order valence-corrected chi connectivity index (χ1v) is 5.85. The fraction of sp³-hybridized carbons (Fsp3) is 0.462. The number of halogens is 1. The van der Waals surface area contributed by atoms with Gasteiger partial charge in [-0.25, -0.2) is 0 Å². The second-order valence-corrected chi connectivity index (χ2v) is 3.86. The lowest BCUT2D eigenvalue weighted by Crippen LogP contribution is -2.37. The summed E-state index contributed by atoms with van der Waals surface area (Å²) in [5.74, 6) is 0.649. The Balaban J connectivity index is 0.00000289. The number of hydrogen-bond donors (Lipinski definition) is 2. The summed E-state index contributed by atoms with van der Waals surface area (Å²) < 4.78 is 5.35. The van der Waals surface area contributed by atoms with E-state index in [2.05, 4.69) is 10.6 Å². The standard InChI is InChI=1S/C13H20N2O2.ClH/c1-4-17-12-7-5-6-11(8-12)13(16)15-9-10(2)14-3;/h5-8,10,14H,4,9H2,1-3H3,(H,15,16);1H. The summed E-state index contributed by atoms with van der Waals surface area (Å²) in [6.07, 6.45) is 0. The predicted octanol–water partition coefficient (Wildman–Crippen LogP) is 1.84. The first kappa shape index (κ1) is 16.7. The third-order valence-corrected chi connectivity index (χ3v) is 2.47. The highest BCUT2D eigenvalue weighted by Gasteiger charge is 2.07. The zero-order valence-electron chi connectivity index (χ0n) is 11.0. The van der Waals surface area contributed by atoms with Crippen LogP contribution in [0.4, 0.5) is 0 Å². The number of amides is 1. The van der Waals surface area contributed by atoms with Crippen molar-refractivity contribution in [1.29, 1.82) is 0 Å². The summed E-state index contributed by atoms with van der Waals surface area (Å²) >= 11 is 0. The summed E-state index contributed by atoms with van der Waals surface area (Å²) in [4.78, 5) is 11.8. The van der Waals surface area contributed by atoms with Gasteiger partial charge >= 0.3 is 0 Å². The van der Waals surface area contributed by atoms with Gasteiger partial charge in [0, 0.05) is 18.2 Å². The molecular weight excluding hydrogens is 252 g/mol. The van der Waals surface area contributed by atoms with Crippen LogP contribution in [0.5, 0.6) is 5.75 Å². The van der Waals surface area contributed by atoms with Crippen LogP contribution in [0, 0.1) is 0 Å². The Kier molecular flexibility index (Phi) is 8.16. The van der Waals surface area contributed by atoms with Gasteiger partial charge in [0.15, 0.2) is 0 Å². The van der Waals surface area contributed by atoms with Crippen LogP contribution in [0.2, 0.25) is 0 Å². The second kappa shape index (κ2) is 8.78. The Morgan fingerprint density at radius 2 is 2.17 bits per heavy atom. The molecule has 0 bridgehead atoms. The lowest BCUT2D eigenvalue weighted by Gasteiger charge is -2.11. The van der Waals surface area contributed by atoms with Crippen molar-refractivity contribution in [3.63, 3.8) is 0 Å². The maximum absolute atomic E-state index is 11.8. The molecule has 4 nitrogen and oxygen atoms in total. The maximum atomic E-state index is 11.8. The molecule has 0 spiro atoms. The highest BCUT2D eigenvalue weighted by atomic mass is 35.5. The molecule has 0 radical (unpaired) electrons. The molecule has 0 fully saturated rings. The van der Waals surface area contributed by atoms with Crippen LogP contribution in [0.15, 0.2) is 24.3 Å². The van der Waals surface area contributed by atoms with Crippen molar-refractivity contribution in [3.8, 4) is 5.75 Å². The van der Waals surface area contributed by atoms with Crippen molar-refractivity contribution in [2.75, 3.05) is 20.2 Å². The molecule has 102 valence electrons. The quantitative estimate of drug-likeness (QED) is 0.831. The molecule has 1 aromatic carbocycles. The van der Waals surface area contributed by atoms with Crippen molar-refractivity contribution < 1.29 is 9.53 Å². The van der Waals surface area contributed by atoms with Gasteiger partial charge in [0.25, 0.3) is 5.91 Å². The lowest BCUT2D eigenvalue weighted by molar-refractivity contribution is 0.0950. The van der Waals surface area contributed by atoms with E-state index in [9.17, 15) is 4.79 Å². The molecule has 18 heavy (non-hydrogen) atoms. The van der Waals surface area contributed by atoms with Gasteiger partial charge in [-0.2, -0.15) is 0 Å². The van der Waals surface area contributed by atoms with E-state index < -0.39 is 0 Å². The van der Waals surface area contributed by atoms with Gasteiger partial charge in [0.05, 0.1) is 6.61 Å². The summed E-state index contributed by atoms with van der Waals surface area (Å²) in [6.45, 7) is 5.13. The fourth-order valence-electron chi connectivity index (χ4n) is 1.34. The molecule has 0 heterocycles. The van der Waals surface area contributed by atoms with E-state index in [0.717, 1.165) is 5.75 Å². The van der Waals surface area contributed by atoms with Gasteiger partial charge in [-0.1, -0.05) is 6.07 Å². The molecule has 0 saturated heterocycles. The van der Waals surface area contributed by atoms with Gasteiger partial charge < -0.3 is 15.4 Å². The molecule has 5 heteroatoms. The molecule has 1 amide bonds. The summed E-state index contributed by atoms with van der Waals surface area (Å²) in [7, 11) is 1.87. The number of carbonyl (C=O) groups is 1. The summed E-state index contributed by atoms with van der Waals surface area (Å²) in [5.41, 5.74) is 0.624. The van der Waals surface area contributed by atoms with Crippen LogP contribution in [-0.2, 0) is 0 Å². The van der Waals surface area contributed by atoms with E-state index in [0.29, 0.717) is 18.7 Å². The first-order valence-electron chi connectivity index (χ1n) is 5.85. The smallest absolute Gasteiger partial charge is 0.251 e. The average molecular weight is 273 g/mol. The van der Waals surface area contributed by atoms with Crippen LogP contribution in [0.3, 0.4) is 0 Å². The largest absolute Gasteiger partial charge is 0.494 e. The minimum atomic E-state index is -0.0753. The number of carbonyl (C=O) groups excluding carboxylic acids is 1. The Morgan fingerprint density at radius 3 is 2.78 bits per heavy atom. The molecule has 1 atom stereocenters. The monoisotopic (exact) mass is 272 g/mol. The van der Waals surface area contributed by atoms with Gasteiger partial charge in [0.1, 0.15) is 5.75 Å². The van der Waals surface area contributed by atoms with Gasteiger partial charge in [-0.05, 0) is 39.1 Å². The normalized spacial score (nSPS) is 11.3. The SMILES string of the molecule is CCOc1cccc(C(=O)NCC(C)NC)c1.Cl. The zero-order chi connectivity index (χ0) is 12.7. The summed E-state index contributed by atoms with van der Waals surface area (Å²) in [5, 5.41) is 5.93. The van der Waals surface area contributed by atoms with Crippen LogP contribution in [-0.4, -0.2) is 32.1 Å². The maximum Gasteiger partial charge on any atom is 0.251 e. The molecule has 0 aromatic heterocycles. The molecule has 2 N–H and O–H groups in total. The van der Waals surface area contributed by atoms with E-state index in [1.807, 2.05) is 33.0 Å². The van der Waals surface area contributed by atoms with E-state index in [1.54, 1.807) is 12.1 Å². The molecular formula is C13H21ClN2O2. The first-order chi connectivity index (χ1) is 8.17. The number of hydrogen-bond acceptors (Lipinski definition) is 3. The molecule has 0 aliphatic heterocycles. The number of nitrogens with one attached hydrogen (secondary N) is 2. The van der Waals surface area contributed by atoms with Gasteiger partial charge in [-0.15, -0.1) is 12.4 Å². The Labute approximate surface area is 115 Å². The van der Waals surface area contributed by atoms with E-state index in [1.165, 1.54) is 0 Å². The van der Waals surface area contributed by atoms with Crippen molar-refractivity contribution in [1.82, 2.24) is 10.6 Å². The number of likely N-dealkylation sites (N-methyl/N-ethyl adjacent to an activating group) is 1. The molecule has 1 rings (SSSR count). The van der Waals surface area contributed by atoms with E-state index >= 15 is 0 Å². The van der Waals surface area contributed by atoms with Gasteiger partial charge in [0.2, 0.25) is 0 Å².